The summed E-state index contributed by atoms with van der Waals surface area (Å²) in [5, 5.41) is 3.37. The van der Waals surface area contributed by atoms with Gasteiger partial charge in [0, 0.05) is 37.5 Å². The summed E-state index contributed by atoms with van der Waals surface area (Å²) in [6.45, 7) is 1.17. The molecule has 32 heavy (non-hydrogen) atoms. The molecule has 2 heterocycles. The molecule has 4 rings (SSSR count). The van der Waals surface area contributed by atoms with E-state index >= 15 is 0 Å². The van der Waals surface area contributed by atoms with Crippen molar-refractivity contribution in [2.75, 3.05) is 18.4 Å². The Morgan fingerprint density at radius 1 is 0.938 bits per heavy atom. The third kappa shape index (κ3) is 5.54. The molecule has 164 valence electrons. The molecule has 0 radical (unpaired) electrons. The fraction of sp³-hybridized carbons (Fsp3) is 0.269. The zero-order valence-corrected chi connectivity index (χ0v) is 18.5. The minimum absolute atomic E-state index is 0.0156. The monoisotopic (exact) mass is 447 g/mol. The average molecular weight is 448 g/mol. The highest BCUT2D eigenvalue weighted by Crippen LogP contribution is 2.29. The van der Waals surface area contributed by atoms with Crippen LogP contribution in [0, 0.1) is 5.92 Å². The Kier molecular flexibility index (Phi) is 7.17. The minimum Gasteiger partial charge on any atom is -0.343 e. The van der Waals surface area contributed by atoms with Crippen LogP contribution < -0.4 is 5.32 Å². The van der Waals surface area contributed by atoms with Crippen LogP contribution in [0.2, 0.25) is 5.02 Å². The van der Waals surface area contributed by atoms with Crippen LogP contribution in [0.4, 0.5) is 5.82 Å². The van der Waals surface area contributed by atoms with Crippen molar-refractivity contribution >= 4 is 29.2 Å². The molecule has 2 amide bonds. The van der Waals surface area contributed by atoms with Gasteiger partial charge in [-0.25, -0.2) is 4.98 Å². The molecular weight excluding hydrogens is 422 g/mol. The van der Waals surface area contributed by atoms with Gasteiger partial charge in [0.15, 0.2) is 0 Å². The number of likely N-dealkylation sites (tertiary alicyclic amines) is 1. The zero-order valence-electron chi connectivity index (χ0n) is 17.8. The lowest BCUT2D eigenvalue weighted by atomic mass is 9.87. The highest BCUT2D eigenvalue weighted by atomic mass is 35.5. The maximum atomic E-state index is 13.2. The molecule has 6 heteroatoms. The van der Waals surface area contributed by atoms with E-state index in [1.807, 2.05) is 41.3 Å². The second kappa shape index (κ2) is 10.4. The van der Waals surface area contributed by atoms with E-state index in [-0.39, 0.29) is 23.7 Å². The lowest BCUT2D eigenvalue weighted by Gasteiger charge is -2.32. The van der Waals surface area contributed by atoms with Gasteiger partial charge < -0.3 is 10.2 Å². The van der Waals surface area contributed by atoms with Gasteiger partial charge >= 0.3 is 0 Å². The number of hydrogen-bond acceptors (Lipinski definition) is 3. The predicted octanol–water partition coefficient (Wildman–Crippen LogP) is 5.13. The van der Waals surface area contributed by atoms with E-state index in [0.29, 0.717) is 43.2 Å². The lowest BCUT2D eigenvalue weighted by molar-refractivity contribution is -0.134. The van der Waals surface area contributed by atoms with Crippen molar-refractivity contribution in [3.63, 3.8) is 0 Å². The molecule has 5 nitrogen and oxygen atoms in total. The first-order valence-corrected chi connectivity index (χ1v) is 11.3. The first-order valence-electron chi connectivity index (χ1n) is 10.9. The third-order valence-corrected chi connectivity index (χ3v) is 6.20. The lowest BCUT2D eigenvalue weighted by Crippen LogP contribution is -2.42. The first-order chi connectivity index (χ1) is 15.6. The second-order valence-corrected chi connectivity index (χ2v) is 8.52. The Balaban J connectivity index is 1.36. The van der Waals surface area contributed by atoms with Gasteiger partial charge in [0.05, 0.1) is 5.02 Å². The molecule has 1 aromatic heterocycles. The van der Waals surface area contributed by atoms with E-state index in [4.69, 9.17) is 11.6 Å². The normalized spacial score (nSPS) is 14.4. The molecule has 1 fully saturated rings. The number of halogens is 1. The van der Waals surface area contributed by atoms with Gasteiger partial charge in [-0.05, 0) is 36.1 Å². The molecule has 1 N–H and O–H groups in total. The summed E-state index contributed by atoms with van der Waals surface area (Å²) in [5.41, 5.74) is 2.27. The van der Waals surface area contributed by atoms with Gasteiger partial charge in [0.2, 0.25) is 11.8 Å². The number of nitrogens with zero attached hydrogens (tertiary/aromatic N) is 2. The van der Waals surface area contributed by atoms with E-state index in [1.54, 1.807) is 12.1 Å². The molecule has 0 spiro atoms. The number of carbonyl (C=O) groups excluding carboxylic acids is 2. The fourth-order valence-electron chi connectivity index (χ4n) is 4.17. The predicted molar refractivity (Wildman–Crippen MR) is 127 cm³/mol. The zero-order chi connectivity index (χ0) is 22.3. The molecule has 0 bridgehead atoms. The molecular formula is C26H26ClN3O2. The number of pyridine rings is 1. The molecule has 2 aromatic carbocycles. The standard InChI is InChI=1S/C26H26ClN3O2/c27-22-11-12-24(28-18-22)29-26(32)21-13-15-30(16-14-21)25(31)17-23(19-7-3-1-4-8-19)20-9-5-2-6-10-20/h1-12,18,21,23H,13-17H2,(H,28,29,32). The molecule has 0 unspecified atom stereocenters. The summed E-state index contributed by atoms with van der Waals surface area (Å²) in [6, 6.07) is 23.7. The first kappa shape index (κ1) is 22.0. The molecule has 1 saturated heterocycles. The van der Waals surface area contributed by atoms with Crippen molar-refractivity contribution in [3.8, 4) is 0 Å². The van der Waals surface area contributed by atoms with Crippen molar-refractivity contribution in [1.29, 1.82) is 0 Å². The molecule has 0 aliphatic carbocycles. The highest BCUT2D eigenvalue weighted by molar-refractivity contribution is 6.30. The Hall–Kier alpha value is -3.18. The Labute approximate surface area is 193 Å². The number of anilines is 1. The number of rotatable bonds is 6. The van der Waals surface area contributed by atoms with Crippen LogP contribution in [-0.2, 0) is 9.59 Å². The van der Waals surface area contributed by atoms with Gasteiger partial charge in [-0.15, -0.1) is 0 Å². The fourth-order valence-corrected chi connectivity index (χ4v) is 4.28. The molecule has 0 atom stereocenters. The van der Waals surface area contributed by atoms with E-state index in [2.05, 4.69) is 34.6 Å². The van der Waals surface area contributed by atoms with E-state index in [1.165, 1.54) is 6.20 Å². The summed E-state index contributed by atoms with van der Waals surface area (Å²) >= 11 is 5.84. The number of hydrogen-bond donors (Lipinski definition) is 1. The number of amides is 2. The van der Waals surface area contributed by atoms with Crippen molar-refractivity contribution < 1.29 is 9.59 Å². The van der Waals surface area contributed by atoms with Crippen molar-refractivity contribution in [2.24, 2.45) is 5.92 Å². The van der Waals surface area contributed by atoms with Gasteiger partial charge in [-0.2, -0.15) is 0 Å². The van der Waals surface area contributed by atoms with Gasteiger partial charge in [0.25, 0.3) is 0 Å². The van der Waals surface area contributed by atoms with Crippen LogP contribution in [0.15, 0.2) is 79.0 Å². The Morgan fingerprint density at radius 3 is 2.06 bits per heavy atom. The smallest absolute Gasteiger partial charge is 0.228 e. The largest absolute Gasteiger partial charge is 0.343 e. The van der Waals surface area contributed by atoms with E-state index < -0.39 is 0 Å². The quantitative estimate of drug-likeness (QED) is 0.569. The molecule has 0 saturated carbocycles. The molecule has 3 aromatic rings. The van der Waals surface area contributed by atoms with Crippen LogP contribution in [0.3, 0.4) is 0 Å². The number of piperidine rings is 1. The summed E-state index contributed by atoms with van der Waals surface area (Å²) in [7, 11) is 0. The third-order valence-electron chi connectivity index (χ3n) is 5.98. The van der Waals surface area contributed by atoms with Gasteiger partial charge in [-0.1, -0.05) is 72.3 Å². The summed E-state index contributed by atoms with van der Waals surface area (Å²) in [4.78, 5) is 31.8. The summed E-state index contributed by atoms with van der Waals surface area (Å²) < 4.78 is 0. The van der Waals surface area contributed by atoms with E-state index in [9.17, 15) is 9.59 Å². The Morgan fingerprint density at radius 2 is 1.53 bits per heavy atom. The number of benzene rings is 2. The van der Waals surface area contributed by atoms with Gasteiger partial charge in [0.1, 0.15) is 5.82 Å². The van der Waals surface area contributed by atoms with Crippen LogP contribution in [0.5, 0.6) is 0 Å². The number of carbonyl (C=O) groups is 2. The van der Waals surface area contributed by atoms with Gasteiger partial charge in [-0.3, -0.25) is 9.59 Å². The maximum absolute atomic E-state index is 13.2. The number of aromatic nitrogens is 1. The number of nitrogens with one attached hydrogen (secondary N) is 1. The van der Waals surface area contributed by atoms with Crippen LogP contribution >= 0.6 is 11.6 Å². The maximum Gasteiger partial charge on any atom is 0.228 e. The van der Waals surface area contributed by atoms with Crippen molar-refractivity contribution in [2.45, 2.75) is 25.2 Å². The van der Waals surface area contributed by atoms with Crippen molar-refractivity contribution in [1.82, 2.24) is 9.88 Å². The molecule has 1 aliphatic rings. The summed E-state index contributed by atoms with van der Waals surface area (Å²) in [6.07, 6.45) is 3.22. The highest BCUT2D eigenvalue weighted by Gasteiger charge is 2.29. The molecule has 1 aliphatic heterocycles. The van der Waals surface area contributed by atoms with E-state index in [0.717, 1.165) is 11.1 Å². The average Bonchev–Trinajstić information content (AvgIpc) is 2.85. The second-order valence-electron chi connectivity index (χ2n) is 8.08. The van der Waals surface area contributed by atoms with Crippen LogP contribution in [0.1, 0.15) is 36.3 Å². The van der Waals surface area contributed by atoms with Crippen LogP contribution in [-0.4, -0.2) is 34.8 Å². The van der Waals surface area contributed by atoms with Crippen LogP contribution in [0.25, 0.3) is 0 Å². The van der Waals surface area contributed by atoms with Crippen molar-refractivity contribution in [3.05, 3.63) is 95.1 Å². The minimum atomic E-state index is -0.129. The SMILES string of the molecule is O=C(Nc1ccc(Cl)cn1)C1CCN(C(=O)CC(c2ccccc2)c2ccccc2)CC1. The Bertz CT molecular complexity index is 994. The summed E-state index contributed by atoms with van der Waals surface area (Å²) in [5.74, 6) is 0.447. The topological polar surface area (TPSA) is 62.3 Å².